The summed E-state index contributed by atoms with van der Waals surface area (Å²) < 4.78 is 10.9. The summed E-state index contributed by atoms with van der Waals surface area (Å²) in [6, 6.07) is 0. The minimum atomic E-state index is -1.36. The van der Waals surface area contributed by atoms with Crippen molar-refractivity contribution in [1.29, 1.82) is 0 Å². The van der Waals surface area contributed by atoms with E-state index in [9.17, 15) is 19.2 Å². The molecule has 0 bridgehead atoms. The second-order valence-corrected chi connectivity index (χ2v) is 6.50. The molecule has 0 aromatic heterocycles. The third-order valence-electron chi connectivity index (χ3n) is 3.41. The number of carbonyl (C=O) groups is 4. The van der Waals surface area contributed by atoms with E-state index in [4.69, 9.17) is 9.47 Å². The largest absolute Gasteiger partial charge is 0.355 e. The van der Waals surface area contributed by atoms with Gasteiger partial charge in [-0.15, -0.1) is 0 Å². The Balaban J connectivity index is 5.53. The molecule has 0 heterocycles. The van der Waals surface area contributed by atoms with Crippen LogP contribution < -0.4 is 0 Å². The van der Waals surface area contributed by atoms with Crippen LogP contribution in [-0.2, 0) is 28.7 Å². The summed E-state index contributed by atoms with van der Waals surface area (Å²) in [7, 11) is 12.2. The van der Waals surface area contributed by atoms with Crippen molar-refractivity contribution in [2.45, 2.75) is 12.2 Å². The molecule has 0 aromatic rings. The first kappa shape index (κ1) is 23.8. The van der Waals surface area contributed by atoms with E-state index in [0.717, 1.165) is 0 Å². The van der Waals surface area contributed by atoms with Gasteiger partial charge in [0, 0.05) is 56.4 Å². The molecular weight excluding hydrogens is 344 g/mol. The summed E-state index contributed by atoms with van der Waals surface area (Å²) in [5.41, 5.74) is 0. The molecule has 0 saturated carbocycles. The molecule has 0 fully saturated rings. The number of ether oxygens (including phenoxy) is 2. The second-order valence-electron chi connectivity index (χ2n) is 6.50. The molecule has 0 N–H and O–H groups in total. The predicted molar refractivity (Wildman–Crippen MR) is 94.3 cm³/mol. The molecule has 0 aliphatic carbocycles. The number of hydrogen-bond acceptors (Lipinski definition) is 6. The lowest BCUT2D eigenvalue weighted by atomic mass is 10.1. The monoisotopic (exact) mass is 374 g/mol. The molecule has 26 heavy (non-hydrogen) atoms. The first-order chi connectivity index (χ1) is 11.9. The first-order valence-corrected chi connectivity index (χ1v) is 7.96. The van der Waals surface area contributed by atoms with Gasteiger partial charge in [0.15, 0.2) is 12.2 Å². The number of amides is 4. The van der Waals surface area contributed by atoms with Gasteiger partial charge in [-0.3, -0.25) is 19.2 Å². The van der Waals surface area contributed by atoms with Crippen molar-refractivity contribution in [3.05, 3.63) is 0 Å². The van der Waals surface area contributed by atoms with Crippen molar-refractivity contribution in [3.8, 4) is 0 Å². The van der Waals surface area contributed by atoms with Gasteiger partial charge in [-0.05, 0) is 0 Å². The molecule has 0 aliphatic heterocycles. The minimum Gasteiger partial charge on any atom is -0.355 e. The molecular formula is C16H30N4O6. The number of carbonyl (C=O) groups excluding carboxylic acids is 4. The molecule has 2 atom stereocenters. The topological polar surface area (TPSA) is 99.7 Å². The average Bonchev–Trinajstić information content (AvgIpc) is 2.55. The molecule has 0 unspecified atom stereocenters. The van der Waals surface area contributed by atoms with Crippen LogP contribution in [0.3, 0.4) is 0 Å². The van der Waals surface area contributed by atoms with Gasteiger partial charge in [0.1, 0.15) is 13.2 Å². The average molecular weight is 374 g/mol. The summed E-state index contributed by atoms with van der Waals surface area (Å²) in [5.74, 6) is -1.84. The highest BCUT2D eigenvalue weighted by Crippen LogP contribution is 2.11. The Bertz CT molecular complexity index is 473. The van der Waals surface area contributed by atoms with Crippen molar-refractivity contribution in [1.82, 2.24) is 19.6 Å². The molecule has 10 nitrogen and oxygen atoms in total. The molecule has 4 amide bonds. The molecule has 0 spiro atoms. The molecule has 0 radical (unpaired) electrons. The smallest absolute Gasteiger partial charge is 0.254 e. The molecule has 0 aliphatic rings. The first-order valence-electron chi connectivity index (χ1n) is 7.96. The molecule has 150 valence electrons. The van der Waals surface area contributed by atoms with Gasteiger partial charge in [0.2, 0.25) is 11.8 Å². The predicted octanol–water partition coefficient (Wildman–Crippen LogP) is -1.89. The Kier molecular flexibility index (Phi) is 9.81. The van der Waals surface area contributed by atoms with Gasteiger partial charge >= 0.3 is 0 Å². The van der Waals surface area contributed by atoms with Crippen molar-refractivity contribution in [2.24, 2.45) is 0 Å². The Morgan fingerprint density at radius 2 is 0.846 bits per heavy atom. The number of likely N-dealkylation sites (N-methyl/N-ethyl adjacent to an activating group) is 4. The van der Waals surface area contributed by atoms with Gasteiger partial charge < -0.3 is 29.1 Å². The highest BCUT2D eigenvalue weighted by Gasteiger charge is 2.38. The van der Waals surface area contributed by atoms with Crippen molar-refractivity contribution < 1.29 is 28.7 Å². The van der Waals surface area contributed by atoms with Crippen LogP contribution in [0.4, 0.5) is 0 Å². The highest BCUT2D eigenvalue weighted by atomic mass is 16.6. The van der Waals surface area contributed by atoms with E-state index >= 15 is 0 Å². The van der Waals surface area contributed by atoms with Gasteiger partial charge in [0.25, 0.3) is 11.8 Å². The van der Waals surface area contributed by atoms with E-state index in [0.29, 0.717) is 0 Å². The van der Waals surface area contributed by atoms with Crippen LogP contribution in [0, 0.1) is 0 Å². The fraction of sp³-hybridized carbons (Fsp3) is 0.750. The van der Waals surface area contributed by atoms with E-state index in [-0.39, 0.29) is 11.8 Å². The summed E-state index contributed by atoms with van der Waals surface area (Å²) in [6.45, 7) is -0.807. The van der Waals surface area contributed by atoms with Gasteiger partial charge in [-0.25, -0.2) is 0 Å². The van der Waals surface area contributed by atoms with E-state index in [1.165, 1.54) is 47.8 Å². The van der Waals surface area contributed by atoms with E-state index < -0.39 is 37.2 Å². The fourth-order valence-corrected chi connectivity index (χ4v) is 1.67. The third-order valence-corrected chi connectivity index (χ3v) is 3.41. The van der Waals surface area contributed by atoms with Crippen LogP contribution in [-0.4, -0.2) is 125 Å². The van der Waals surface area contributed by atoms with Gasteiger partial charge in [-0.2, -0.15) is 0 Å². The number of hydrogen-bond donors (Lipinski definition) is 0. The summed E-state index contributed by atoms with van der Waals surface area (Å²) in [5, 5.41) is 0. The lowest BCUT2D eigenvalue weighted by Crippen LogP contribution is -2.53. The lowest BCUT2D eigenvalue weighted by Gasteiger charge is -2.29. The summed E-state index contributed by atoms with van der Waals surface area (Å²) in [4.78, 5) is 53.7. The second kappa shape index (κ2) is 10.7. The summed E-state index contributed by atoms with van der Waals surface area (Å²) >= 11 is 0. The zero-order valence-corrected chi connectivity index (χ0v) is 16.8. The van der Waals surface area contributed by atoms with Crippen LogP contribution >= 0.6 is 0 Å². The summed E-state index contributed by atoms with van der Waals surface area (Å²) in [6.07, 6.45) is -2.72. The zero-order valence-electron chi connectivity index (χ0n) is 16.8. The maximum Gasteiger partial charge on any atom is 0.254 e. The Morgan fingerprint density at radius 1 is 0.577 bits per heavy atom. The van der Waals surface area contributed by atoms with Crippen LogP contribution in [0.15, 0.2) is 0 Å². The number of nitrogens with zero attached hydrogens (tertiary/aromatic N) is 4. The van der Waals surface area contributed by atoms with E-state index in [1.54, 1.807) is 28.2 Å². The van der Waals surface area contributed by atoms with Crippen molar-refractivity contribution >= 4 is 23.6 Å². The molecule has 0 saturated heterocycles. The maximum absolute atomic E-state index is 12.5. The molecule has 0 rings (SSSR count). The SMILES string of the molecule is CN(C)C(=O)CO[C@@H](C(=O)N(C)C)[C@@H](OCC(=O)N(C)C)C(=O)N(C)C. The zero-order chi connectivity index (χ0) is 20.6. The van der Waals surface area contributed by atoms with Crippen LogP contribution in [0.2, 0.25) is 0 Å². The van der Waals surface area contributed by atoms with Crippen molar-refractivity contribution in [3.63, 3.8) is 0 Å². The van der Waals surface area contributed by atoms with Gasteiger partial charge in [-0.1, -0.05) is 0 Å². The van der Waals surface area contributed by atoms with Gasteiger partial charge in [0.05, 0.1) is 0 Å². The third kappa shape index (κ3) is 7.36. The Morgan fingerprint density at radius 3 is 1.04 bits per heavy atom. The van der Waals surface area contributed by atoms with Crippen LogP contribution in [0.25, 0.3) is 0 Å². The molecule has 10 heteroatoms. The van der Waals surface area contributed by atoms with Crippen LogP contribution in [0.1, 0.15) is 0 Å². The quantitative estimate of drug-likeness (QED) is 0.468. The normalized spacial score (nSPS) is 12.8. The maximum atomic E-state index is 12.5. The van der Waals surface area contributed by atoms with Crippen molar-refractivity contribution in [2.75, 3.05) is 69.6 Å². The lowest BCUT2D eigenvalue weighted by molar-refractivity contribution is -0.171. The minimum absolute atomic E-state index is 0.373. The highest BCUT2D eigenvalue weighted by molar-refractivity contribution is 5.91. The Hall–Kier alpha value is -2.20. The van der Waals surface area contributed by atoms with Crippen LogP contribution in [0.5, 0.6) is 0 Å². The Labute approximate surface area is 154 Å². The molecule has 0 aromatic carbocycles. The number of rotatable bonds is 9. The van der Waals surface area contributed by atoms with E-state index in [1.807, 2.05) is 0 Å². The van der Waals surface area contributed by atoms with E-state index in [2.05, 4.69) is 0 Å². The standard InChI is InChI=1S/C16H30N4O6/c1-17(2)11(21)9-25-13(15(23)19(5)6)14(16(24)20(7)8)26-10-12(22)18(3)4/h13-14H,9-10H2,1-8H3/t13-,14-/m1/s1. The fourth-order valence-electron chi connectivity index (χ4n) is 1.67.